The lowest BCUT2D eigenvalue weighted by Crippen LogP contribution is -2.41. The number of thiophene rings is 1. The van der Waals surface area contributed by atoms with Gasteiger partial charge in [0.15, 0.2) is 0 Å². The molecule has 32 heavy (non-hydrogen) atoms. The van der Waals surface area contributed by atoms with Crippen molar-refractivity contribution in [1.82, 2.24) is 9.21 Å². The van der Waals surface area contributed by atoms with E-state index in [-0.39, 0.29) is 10.8 Å². The maximum Gasteiger partial charge on any atom is 0.243 e. The van der Waals surface area contributed by atoms with E-state index >= 15 is 0 Å². The van der Waals surface area contributed by atoms with Crippen molar-refractivity contribution in [3.8, 4) is 0 Å². The van der Waals surface area contributed by atoms with Crippen LogP contribution in [0.5, 0.6) is 0 Å². The zero-order valence-corrected chi connectivity index (χ0v) is 20.2. The van der Waals surface area contributed by atoms with Crippen LogP contribution in [-0.2, 0) is 21.2 Å². The van der Waals surface area contributed by atoms with E-state index in [0.717, 1.165) is 37.8 Å². The van der Waals surface area contributed by atoms with E-state index < -0.39 is 10.0 Å². The van der Waals surface area contributed by atoms with E-state index in [4.69, 9.17) is 0 Å². The van der Waals surface area contributed by atoms with Gasteiger partial charge in [-0.15, -0.1) is 11.3 Å². The third-order valence-corrected chi connectivity index (χ3v) is 9.86. The van der Waals surface area contributed by atoms with Gasteiger partial charge < -0.3 is 5.32 Å². The van der Waals surface area contributed by atoms with Gasteiger partial charge in [-0.2, -0.15) is 4.31 Å². The average molecular weight is 474 g/mol. The van der Waals surface area contributed by atoms with E-state index in [1.54, 1.807) is 22.5 Å². The van der Waals surface area contributed by atoms with Gasteiger partial charge in [-0.1, -0.05) is 12.5 Å². The minimum absolute atomic E-state index is 0.0787. The monoisotopic (exact) mass is 473 g/mol. The topological polar surface area (TPSA) is 69.7 Å². The number of amides is 1. The normalized spacial score (nSPS) is 22.5. The Morgan fingerprint density at radius 1 is 1.12 bits per heavy atom. The molecule has 1 atom stereocenters. The molecule has 3 heterocycles. The Hall–Kier alpha value is -1.74. The zero-order valence-electron chi connectivity index (χ0n) is 18.5. The first-order chi connectivity index (χ1) is 15.4. The van der Waals surface area contributed by atoms with Crippen LogP contribution in [0, 0.1) is 12.8 Å². The Bertz CT molecular complexity index is 1100. The maximum atomic E-state index is 13.1. The van der Waals surface area contributed by atoms with Crippen LogP contribution in [0.3, 0.4) is 0 Å². The fourth-order valence-corrected chi connectivity index (χ4v) is 7.52. The number of nitrogens with zero attached hydrogens (tertiary/aromatic N) is 2. The summed E-state index contributed by atoms with van der Waals surface area (Å²) in [6.07, 6.45) is 6.33. The molecule has 1 aliphatic carbocycles. The van der Waals surface area contributed by atoms with Gasteiger partial charge in [0.25, 0.3) is 0 Å². The fourth-order valence-electron chi connectivity index (χ4n) is 5.06. The summed E-state index contributed by atoms with van der Waals surface area (Å²) in [5.41, 5.74) is 2.86. The van der Waals surface area contributed by atoms with E-state index in [9.17, 15) is 13.2 Å². The molecule has 1 N–H and O–H groups in total. The standard InChI is InChI=1S/C24H31N3O3S2/c1-17-5-8-19(32(29,30)27-11-3-2-4-12-27)15-21(17)25-23(28)16-26-13-9-22-20(10-14-31-22)24(26)18-6-7-18/h5,8,10,14-15,18,24H,2-4,6-7,9,11-13,16H2,1H3,(H,25,28). The van der Waals surface area contributed by atoms with Gasteiger partial charge in [0, 0.05) is 36.2 Å². The first-order valence-corrected chi connectivity index (χ1v) is 14.0. The summed E-state index contributed by atoms with van der Waals surface area (Å²) < 4.78 is 27.7. The van der Waals surface area contributed by atoms with Gasteiger partial charge in [-0.25, -0.2) is 8.42 Å². The fraction of sp³-hybridized carbons (Fsp3) is 0.542. The Morgan fingerprint density at radius 2 is 1.91 bits per heavy atom. The van der Waals surface area contributed by atoms with Gasteiger partial charge in [0.1, 0.15) is 0 Å². The number of benzene rings is 1. The number of hydrogen-bond donors (Lipinski definition) is 1. The zero-order chi connectivity index (χ0) is 22.3. The number of fused-ring (bicyclic) bond motifs is 1. The van der Waals surface area contributed by atoms with Crippen molar-refractivity contribution in [1.29, 1.82) is 0 Å². The number of carbonyl (C=O) groups excluding carboxylic acids is 1. The number of hydrogen-bond acceptors (Lipinski definition) is 5. The third kappa shape index (κ3) is 4.38. The van der Waals surface area contributed by atoms with Crippen LogP contribution in [0.15, 0.2) is 34.5 Å². The summed E-state index contributed by atoms with van der Waals surface area (Å²) in [6.45, 7) is 4.27. The largest absolute Gasteiger partial charge is 0.325 e. The van der Waals surface area contributed by atoms with Crippen molar-refractivity contribution in [2.75, 3.05) is 31.5 Å². The number of nitrogens with one attached hydrogen (secondary N) is 1. The Balaban J connectivity index is 1.31. The number of aryl methyl sites for hydroxylation is 1. The number of carbonyl (C=O) groups is 1. The molecule has 3 aliphatic rings. The first kappa shape index (κ1) is 22.1. The second kappa shape index (κ2) is 8.89. The third-order valence-electron chi connectivity index (χ3n) is 6.97. The molecule has 6 nitrogen and oxygen atoms in total. The number of piperidine rings is 1. The maximum absolute atomic E-state index is 13.1. The molecule has 1 aromatic heterocycles. The summed E-state index contributed by atoms with van der Waals surface area (Å²) in [6, 6.07) is 7.64. The molecule has 8 heteroatoms. The van der Waals surface area contributed by atoms with Crippen molar-refractivity contribution < 1.29 is 13.2 Å². The van der Waals surface area contributed by atoms with Crippen LogP contribution in [0.25, 0.3) is 0 Å². The van der Waals surface area contributed by atoms with Crippen LogP contribution >= 0.6 is 11.3 Å². The predicted molar refractivity (Wildman–Crippen MR) is 127 cm³/mol. The van der Waals surface area contributed by atoms with E-state index in [1.165, 1.54) is 23.3 Å². The van der Waals surface area contributed by atoms with Crippen LogP contribution in [-0.4, -0.2) is 49.7 Å². The number of sulfonamides is 1. The molecule has 0 bridgehead atoms. The molecule has 0 radical (unpaired) electrons. The molecule has 2 aromatic rings. The summed E-state index contributed by atoms with van der Waals surface area (Å²) in [5, 5.41) is 5.18. The van der Waals surface area contributed by atoms with Crippen molar-refractivity contribution >= 4 is 33.0 Å². The Morgan fingerprint density at radius 3 is 2.66 bits per heavy atom. The van der Waals surface area contributed by atoms with E-state index in [1.807, 2.05) is 18.3 Å². The van der Waals surface area contributed by atoms with E-state index in [2.05, 4.69) is 21.7 Å². The molecule has 1 unspecified atom stereocenters. The highest BCUT2D eigenvalue weighted by molar-refractivity contribution is 7.89. The number of rotatable bonds is 6. The van der Waals surface area contributed by atoms with Crippen LogP contribution in [0.4, 0.5) is 5.69 Å². The Kier molecular flexibility index (Phi) is 6.13. The minimum Gasteiger partial charge on any atom is -0.325 e. The molecule has 1 saturated heterocycles. The van der Waals surface area contributed by atoms with Crippen LogP contribution < -0.4 is 5.32 Å². The number of anilines is 1. The molecular weight excluding hydrogens is 442 g/mol. The molecule has 2 fully saturated rings. The van der Waals surface area contributed by atoms with Crippen molar-refractivity contribution in [3.05, 3.63) is 45.6 Å². The predicted octanol–water partition coefficient (Wildman–Crippen LogP) is 4.18. The first-order valence-electron chi connectivity index (χ1n) is 11.6. The van der Waals surface area contributed by atoms with Crippen molar-refractivity contribution in [3.63, 3.8) is 0 Å². The van der Waals surface area contributed by atoms with Gasteiger partial charge in [0.2, 0.25) is 15.9 Å². The molecule has 1 aromatic carbocycles. The molecule has 2 aliphatic heterocycles. The lowest BCUT2D eigenvalue weighted by Gasteiger charge is -2.35. The summed E-state index contributed by atoms with van der Waals surface area (Å²) >= 11 is 1.83. The summed E-state index contributed by atoms with van der Waals surface area (Å²) in [5.74, 6) is 0.571. The molecule has 5 rings (SSSR count). The second-order valence-electron chi connectivity index (χ2n) is 9.29. The highest BCUT2D eigenvalue weighted by Gasteiger charge is 2.40. The highest BCUT2D eigenvalue weighted by atomic mass is 32.2. The SMILES string of the molecule is Cc1ccc(S(=O)(=O)N2CCCCC2)cc1NC(=O)CN1CCc2sccc2C1C1CC1. The molecule has 172 valence electrons. The van der Waals surface area contributed by atoms with Gasteiger partial charge in [-0.05, 0) is 79.7 Å². The van der Waals surface area contributed by atoms with Crippen molar-refractivity contribution in [2.24, 2.45) is 5.92 Å². The lowest BCUT2D eigenvalue weighted by atomic mass is 9.96. The van der Waals surface area contributed by atoms with E-state index in [0.29, 0.717) is 37.3 Å². The highest BCUT2D eigenvalue weighted by Crippen LogP contribution is 2.48. The summed E-state index contributed by atoms with van der Waals surface area (Å²) in [4.78, 5) is 17.1. The van der Waals surface area contributed by atoms with Gasteiger partial charge in [-0.3, -0.25) is 9.69 Å². The summed E-state index contributed by atoms with van der Waals surface area (Å²) in [7, 11) is -3.53. The van der Waals surface area contributed by atoms with Crippen LogP contribution in [0.1, 0.15) is 54.1 Å². The second-order valence-corrected chi connectivity index (χ2v) is 12.2. The van der Waals surface area contributed by atoms with Crippen molar-refractivity contribution in [2.45, 2.75) is 56.4 Å². The van der Waals surface area contributed by atoms with Crippen LogP contribution in [0.2, 0.25) is 0 Å². The molecule has 1 saturated carbocycles. The lowest BCUT2D eigenvalue weighted by molar-refractivity contribution is -0.118. The smallest absolute Gasteiger partial charge is 0.243 e. The minimum atomic E-state index is -3.53. The van der Waals surface area contributed by atoms with Gasteiger partial charge >= 0.3 is 0 Å². The molecule has 1 amide bonds. The van der Waals surface area contributed by atoms with Gasteiger partial charge in [0.05, 0.1) is 11.4 Å². The molecular formula is C24H31N3O3S2. The quantitative estimate of drug-likeness (QED) is 0.683. The Labute approximate surface area is 194 Å². The average Bonchev–Trinajstić information content (AvgIpc) is 3.51. The molecule has 0 spiro atoms.